The van der Waals surface area contributed by atoms with E-state index in [1.165, 1.54) is 29.6 Å². The van der Waals surface area contributed by atoms with Crippen molar-refractivity contribution in [3.05, 3.63) is 53.4 Å². The van der Waals surface area contributed by atoms with Crippen LogP contribution < -0.4 is 10.6 Å². The van der Waals surface area contributed by atoms with E-state index in [1.807, 2.05) is 30.3 Å². The number of anilines is 2. The van der Waals surface area contributed by atoms with Gasteiger partial charge in [0.1, 0.15) is 16.3 Å². The predicted molar refractivity (Wildman–Crippen MR) is 98.3 cm³/mol. The van der Waals surface area contributed by atoms with Crippen molar-refractivity contribution < 1.29 is 9.90 Å². The Bertz CT molecular complexity index is 899. The van der Waals surface area contributed by atoms with Gasteiger partial charge in [-0.05, 0) is 41.7 Å². The molecule has 1 amide bonds. The molecule has 0 spiro atoms. The molecule has 2 aromatic carbocycles. The number of carbonyl (C=O) groups is 1. The molecule has 0 atom stereocenters. The van der Waals surface area contributed by atoms with Crippen molar-refractivity contribution in [3.63, 3.8) is 0 Å². The zero-order chi connectivity index (χ0) is 16.5. The van der Waals surface area contributed by atoms with E-state index in [9.17, 15) is 9.90 Å². The van der Waals surface area contributed by atoms with Crippen LogP contribution >= 0.6 is 11.3 Å². The Morgan fingerprint density at radius 2 is 1.96 bits per heavy atom. The molecule has 1 aliphatic rings. The molecule has 0 unspecified atom stereocenters. The first-order valence-corrected chi connectivity index (χ1v) is 8.93. The standard InChI is InChI=1S/C19H18N2O2S/c22-16-11-24-19(17(16)18(23)20-10-12-5-6-12)21-15-8-7-13-3-1-2-4-14(13)9-15/h1-4,7-9,11-12,21-22H,5-6,10H2,(H,20,23). The van der Waals surface area contributed by atoms with Gasteiger partial charge in [0.05, 0.1) is 0 Å². The SMILES string of the molecule is O=C(NCC1CC1)c1c(O)csc1Nc1ccc2ccccc2c1. The second-order valence-corrected chi connectivity index (χ2v) is 7.05. The van der Waals surface area contributed by atoms with E-state index in [-0.39, 0.29) is 11.7 Å². The average molecular weight is 338 g/mol. The van der Waals surface area contributed by atoms with Crippen molar-refractivity contribution in [1.29, 1.82) is 0 Å². The number of carbonyl (C=O) groups excluding carboxylic acids is 1. The summed E-state index contributed by atoms with van der Waals surface area (Å²) in [4.78, 5) is 12.4. The monoisotopic (exact) mass is 338 g/mol. The van der Waals surface area contributed by atoms with Crippen LogP contribution in [0.15, 0.2) is 47.8 Å². The topological polar surface area (TPSA) is 61.4 Å². The van der Waals surface area contributed by atoms with E-state index in [2.05, 4.69) is 22.8 Å². The van der Waals surface area contributed by atoms with Crippen LogP contribution in [0.3, 0.4) is 0 Å². The largest absolute Gasteiger partial charge is 0.506 e. The number of aromatic hydroxyl groups is 1. The van der Waals surface area contributed by atoms with Gasteiger partial charge in [-0.1, -0.05) is 30.3 Å². The van der Waals surface area contributed by atoms with E-state index < -0.39 is 0 Å². The first-order valence-electron chi connectivity index (χ1n) is 8.05. The molecule has 1 fully saturated rings. The van der Waals surface area contributed by atoms with Gasteiger partial charge in [-0.15, -0.1) is 11.3 Å². The number of rotatable bonds is 5. The highest BCUT2D eigenvalue weighted by Crippen LogP contribution is 2.36. The molecular formula is C19H18N2O2S. The number of fused-ring (bicyclic) bond motifs is 1. The number of thiophene rings is 1. The Hall–Kier alpha value is -2.53. The lowest BCUT2D eigenvalue weighted by atomic mass is 10.1. The van der Waals surface area contributed by atoms with E-state index in [0.29, 0.717) is 23.0 Å². The smallest absolute Gasteiger partial charge is 0.258 e. The second-order valence-electron chi connectivity index (χ2n) is 6.17. The summed E-state index contributed by atoms with van der Waals surface area (Å²) < 4.78 is 0. The zero-order valence-electron chi connectivity index (χ0n) is 13.1. The number of hydrogen-bond donors (Lipinski definition) is 3. The molecule has 4 rings (SSSR count). The third-order valence-electron chi connectivity index (χ3n) is 4.25. The maximum absolute atomic E-state index is 12.4. The van der Waals surface area contributed by atoms with E-state index in [0.717, 1.165) is 11.1 Å². The lowest BCUT2D eigenvalue weighted by molar-refractivity contribution is 0.0950. The number of benzene rings is 2. The summed E-state index contributed by atoms with van der Waals surface area (Å²) in [7, 11) is 0. The van der Waals surface area contributed by atoms with Crippen LogP contribution in [0.4, 0.5) is 10.7 Å². The van der Waals surface area contributed by atoms with Crippen LogP contribution in [-0.2, 0) is 0 Å². The van der Waals surface area contributed by atoms with Crippen molar-refractivity contribution in [2.45, 2.75) is 12.8 Å². The number of nitrogens with one attached hydrogen (secondary N) is 2. The average Bonchev–Trinajstić information content (AvgIpc) is 3.36. The van der Waals surface area contributed by atoms with Crippen molar-refractivity contribution in [2.75, 3.05) is 11.9 Å². The van der Waals surface area contributed by atoms with Crippen LogP contribution in [0, 0.1) is 5.92 Å². The van der Waals surface area contributed by atoms with Gasteiger partial charge >= 0.3 is 0 Å². The van der Waals surface area contributed by atoms with E-state index in [1.54, 1.807) is 5.38 Å². The molecule has 3 aromatic rings. The van der Waals surface area contributed by atoms with Crippen molar-refractivity contribution in [2.24, 2.45) is 5.92 Å². The molecular weight excluding hydrogens is 320 g/mol. The first-order chi connectivity index (χ1) is 11.7. The van der Waals surface area contributed by atoms with Crippen molar-refractivity contribution >= 4 is 38.7 Å². The van der Waals surface area contributed by atoms with Crippen molar-refractivity contribution in [1.82, 2.24) is 5.32 Å². The van der Waals surface area contributed by atoms with Gasteiger partial charge < -0.3 is 15.7 Å². The van der Waals surface area contributed by atoms with Gasteiger partial charge in [0.25, 0.3) is 5.91 Å². The van der Waals surface area contributed by atoms with Crippen LogP contribution in [0.5, 0.6) is 5.75 Å². The fourth-order valence-electron chi connectivity index (χ4n) is 2.71. The molecule has 5 heteroatoms. The lowest BCUT2D eigenvalue weighted by Gasteiger charge is -2.09. The summed E-state index contributed by atoms with van der Waals surface area (Å²) in [6.07, 6.45) is 2.36. The summed E-state index contributed by atoms with van der Waals surface area (Å²) in [5, 5.41) is 20.8. The fourth-order valence-corrected chi connectivity index (χ4v) is 3.55. The van der Waals surface area contributed by atoms with E-state index in [4.69, 9.17) is 0 Å². The maximum atomic E-state index is 12.4. The van der Waals surface area contributed by atoms with Gasteiger partial charge in [0.15, 0.2) is 0 Å². The third kappa shape index (κ3) is 3.08. The van der Waals surface area contributed by atoms with Gasteiger partial charge in [-0.2, -0.15) is 0 Å². The molecule has 3 N–H and O–H groups in total. The maximum Gasteiger partial charge on any atom is 0.258 e. The molecule has 0 bridgehead atoms. The summed E-state index contributed by atoms with van der Waals surface area (Å²) in [5.41, 5.74) is 1.22. The Morgan fingerprint density at radius 1 is 1.17 bits per heavy atom. The Morgan fingerprint density at radius 3 is 2.75 bits per heavy atom. The quantitative estimate of drug-likeness (QED) is 0.642. The molecule has 1 heterocycles. The molecule has 1 aromatic heterocycles. The second kappa shape index (κ2) is 6.17. The van der Waals surface area contributed by atoms with Crippen molar-refractivity contribution in [3.8, 4) is 5.75 Å². The Labute approximate surface area is 144 Å². The van der Waals surface area contributed by atoms with Crippen LogP contribution in [0.1, 0.15) is 23.2 Å². The van der Waals surface area contributed by atoms with Crippen LogP contribution in [0.25, 0.3) is 10.8 Å². The molecule has 122 valence electrons. The van der Waals surface area contributed by atoms with Gasteiger partial charge in [0, 0.05) is 17.6 Å². The molecule has 0 aliphatic heterocycles. The minimum Gasteiger partial charge on any atom is -0.506 e. The highest BCUT2D eigenvalue weighted by atomic mass is 32.1. The molecule has 4 nitrogen and oxygen atoms in total. The van der Waals surface area contributed by atoms with E-state index >= 15 is 0 Å². The van der Waals surface area contributed by atoms with Gasteiger partial charge in [-0.25, -0.2) is 0 Å². The fraction of sp³-hybridized carbons (Fsp3) is 0.211. The minimum atomic E-state index is -0.219. The Balaban J connectivity index is 1.57. The minimum absolute atomic E-state index is 0.0246. The van der Waals surface area contributed by atoms with Gasteiger partial charge in [-0.3, -0.25) is 4.79 Å². The summed E-state index contributed by atoms with van der Waals surface area (Å²) in [6.45, 7) is 0.684. The summed E-state index contributed by atoms with van der Waals surface area (Å²) in [5.74, 6) is 0.409. The van der Waals surface area contributed by atoms with Crippen LogP contribution in [0.2, 0.25) is 0 Å². The Kier molecular flexibility index (Phi) is 3.86. The first kappa shape index (κ1) is 15.0. The molecule has 1 aliphatic carbocycles. The van der Waals surface area contributed by atoms with Crippen LogP contribution in [-0.4, -0.2) is 17.6 Å². The molecule has 0 radical (unpaired) electrons. The van der Waals surface area contributed by atoms with Gasteiger partial charge in [0.2, 0.25) is 0 Å². The third-order valence-corrected chi connectivity index (χ3v) is 5.14. The lowest BCUT2D eigenvalue weighted by Crippen LogP contribution is -2.25. The number of hydrogen-bond acceptors (Lipinski definition) is 4. The highest BCUT2D eigenvalue weighted by Gasteiger charge is 2.24. The summed E-state index contributed by atoms with van der Waals surface area (Å²) >= 11 is 1.33. The molecule has 1 saturated carbocycles. The zero-order valence-corrected chi connectivity index (χ0v) is 13.9. The number of amides is 1. The molecule has 24 heavy (non-hydrogen) atoms. The summed E-state index contributed by atoms with van der Waals surface area (Å²) in [6, 6.07) is 14.2. The highest BCUT2D eigenvalue weighted by molar-refractivity contribution is 7.15. The predicted octanol–water partition coefficient (Wildman–Crippen LogP) is 4.49. The molecule has 0 saturated heterocycles. The normalized spacial score (nSPS) is 13.8.